The molecule has 1 aliphatic heterocycles. The van der Waals surface area contributed by atoms with E-state index in [2.05, 4.69) is 5.10 Å². The van der Waals surface area contributed by atoms with Gasteiger partial charge in [-0.15, -0.1) is 0 Å². The van der Waals surface area contributed by atoms with Crippen LogP contribution in [0.25, 0.3) is 10.8 Å². The maximum Gasteiger partial charge on any atom is 0.333 e. The molecule has 0 bridgehead atoms. The number of carbonyl (C=O) groups excluding carboxylic acids is 2. The Balaban J connectivity index is 1.46. The molecule has 2 aromatic carbocycles. The van der Waals surface area contributed by atoms with Crippen molar-refractivity contribution in [1.29, 1.82) is 0 Å². The number of hydrogen-bond donors (Lipinski definition) is 0. The van der Waals surface area contributed by atoms with E-state index < -0.39 is 5.97 Å². The number of fused-ring (bicyclic) bond motifs is 1. The number of amides is 1. The van der Waals surface area contributed by atoms with Gasteiger partial charge in [0.2, 0.25) is 5.91 Å². The Bertz CT molecular complexity index is 1070. The summed E-state index contributed by atoms with van der Waals surface area (Å²) >= 11 is 0. The molecule has 1 saturated heterocycles. The van der Waals surface area contributed by atoms with Crippen molar-refractivity contribution < 1.29 is 14.3 Å². The zero-order valence-electron chi connectivity index (χ0n) is 14.5. The summed E-state index contributed by atoms with van der Waals surface area (Å²) in [6, 6.07) is 13.8. The lowest BCUT2D eigenvalue weighted by molar-refractivity contribution is -0.135. The van der Waals surface area contributed by atoms with Crippen LogP contribution in [-0.4, -0.2) is 28.2 Å². The topological polar surface area (TPSA) is 81.5 Å². The van der Waals surface area contributed by atoms with Crippen molar-refractivity contribution in [1.82, 2.24) is 9.78 Å². The number of ether oxygens (including phenoxy) is 1. The molecule has 3 aromatic rings. The fourth-order valence-electron chi connectivity index (χ4n) is 3.14. The second-order valence-corrected chi connectivity index (χ2v) is 6.31. The second-order valence-electron chi connectivity index (χ2n) is 6.31. The Morgan fingerprint density at radius 3 is 2.59 bits per heavy atom. The lowest BCUT2D eigenvalue weighted by Crippen LogP contribution is -2.28. The first-order valence-electron chi connectivity index (χ1n) is 8.68. The van der Waals surface area contributed by atoms with Crippen LogP contribution in [-0.2, 0) is 16.1 Å². The van der Waals surface area contributed by atoms with Crippen molar-refractivity contribution in [2.75, 3.05) is 11.4 Å². The molecule has 0 atom stereocenters. The monoisotopic (exact) mass is 363 g/mol. The number of rotatable bonds is 4. The lowest BCUT2D eigenvalue weighted by atomic mass is 10.2. The maximum atomic E-state index is 12.4. The van der Waals surface area contributed by atoms with Gasteiger partial charge in [-0.25, -0.2) is 9.48 Å². The van der Waals surface area contributed by atoms with Crippen LogP contribution < -0.4 is 15.2 Å². The van der Waals surface area contributed by atoms with Gasteiger partial charge in [0, 0.05) is 24.0 Å². The molecule has 27 heavy (non-hydrogen) atoms. The average Bonchev–Trinajstić information content (AvgIpc) is 3.11. The summed E-state index contributed by atoms with van der Waals surface area (Å²) in [5.74, 6) is -0.143. The quantitative estimate of drug-likeness (QED) is 0.524. The Labute approximate surface area is 154 Å². The van der Waals surface area contributed by atoms with E-state index in [-0.39, 0.29) is 18.0 Å². The van der Waals surface area contributed by atoms with Crippen LogP contribution in [0.4, 0.5) is 5.69 Å². The van der Waals surface area contributed by atoms with Gasteiger partial charge in [-0.1, -0.05) is 18.2 Å². The molecule has 1 aliphatic rings. The van der Waals surface area contributed by atoms with Crippen LogP contribution >= 0.6 is 0 Å². The molecule has 0 N–H and O–H groups in total. The number of anilines is 1. The predicted molar refractivity (Wildman–Crippen MR) is 99.7 cm³/mol. The van der Waals surface area contributed by atoms with Crippen molar-refractivity contribution in [3.63, 3.8) is 0 Å². The summed E-state index contributed by atoms with van der Waals surface area (Å²) in [7, 11) is 0. The Kier molecular flexibility index (Phi) is 4.42. The van der Waals surface area contributed by atoms with Crippen LogP contribution in [0.2, 0.25) is 0 Å². The zero-order chi connectivity index (χ0) is 18.8. The minimum Gasteiger partial charge on any atom is -0.425 e. The molecule has 0 spiro atoms. The first-order valence-corrected chi connectivity index (χ1v) is 8.68. The predicted octanol–water partition coefficient (Wildman–Crippen LogP) is 2.13. The van der Waals surface area contributed by atoms with Crippen molar-refractivity contribution in [3.05, 3.63) is 65.1 Å². The molecule has 0 unspecified atom stereocenters. The number of hydrogen-bond acceptors (Lipinski definition) is 5. The minimum absolute atomic E-state index is 0.0986. The van der Waals surface area contributed by atoms with Gasteiger partial charge in [0.1, 0.15) is 12.3 Å². The highest BCUT2D eigenvalue weighted by Crippen LogP contribution is 2.24. The first-order chi connectivity index (χ1) is 13.1. The van der Waals surface area contributed by atoms with E-state index in [4.69, 9.17) is 4.74 Å². The van der Waals surface area contributed by atoms with E-state index >= 15 is 0 Å². The number of esters is 1. The Hall–Kier alpha value is -3.48. The van der Waals surface area contributed by atoms with Crippen molar-refractivity contribution in [2.45, 2.75) is 19.4 Å². The summed E-state index contributed by atoms with van der Waals surface area (Å²) in [6.07, 6.45) is 2.96. The highest BCUT2D eigenvalue weighted by atomic mass is 16.5. The van der Waals surface area contributed by atoms with E-state index in [0.717, 1.165) is 22.2 Å². The molecular weight excluding hydrogens is 346 g/mol. The Morgan fingerprint density at radius 2 is 1.85 bits per heavy atom. The van der Waals surface area contributed by atoms with E-state index in [9.17, 15) is 14.4 Å². The van der Waals surface area contributed by atoms with Crippen LogP contribution in [0.3, 0.4) is 0 Å². The van der Waals surface area contributed by atoms with Crippen molar-refractivity contribution >= 4 is 28.3 Å². The molecule has 4 rings (SSSR count). The van der Waals surface area contributed by atoms with Gasteiger partial charge in [0.05, 0.1) is 11.6 Å². The fraction of sp³-hybridized carbons (Fsp3) is 0.200. The van der Waals surface area contributed by atoms with Gasteiger partial charge < -0.3 is 9.64 Å². The van der Waals surface area contributed by atoms with Crippen LogP contribution in [0.1, 0.15) is 12.8 Å². The molecule has 0 aliphatic carbocycles. The first kappa shape index (κ1) is 17.0. The molecule has 0 radical (unpaired) electrons. The van der Waals surface area contributed by atoms with Crippen molar-refractivity contribution in [3.8, 4) is 5.75 Å². The average molecular weight is 363 g/mol. The molecule has 1 aromatic heterocycles. The number of nitrogens with zero attached hydrogens (tertiary/aromatic N) is 3. The smallest absolute Gasteiger partial charge is 0.333 e. The lowest BCUT2D eigenvalue weighted by Gasteiger charge is -2.15. The summed E-state index contributed by atoms with van der Waals surface area (Å²) in [4.78, 5) is 38.1. The van der Waals surface area contributed by atoms with Crippen LogP contribution in [0.15, 0.2) is 59.5 Å². The molecule has 0 saturated carbocycles. The molecule has 7 nitrogen and oxygen atoms in total. The maximum absolute atomic E-state index is 12.4. The van der Waals surface area contributed by atoms with Crippen LogP contribution in [0.5, 0.6) is 5.75 Å². The number of benzene rings is 2. The van der Waals surface area contributed by atoms with Gasteiger partial charge in [-0.3, -0.25) is 9.59 Å². The largest absolute Gasteiger partial charge is 0.425 e. The zero-order valence-corrected chi connectivity index (χ0v) is 14.5. The standard InChI is InChI=1S/C20H17N3O4/c24-18-6-3-11-22(18)15-7-9-16(10-8-15)27-19(25)13-23-20(26)17-5-2-1-4-14(17)12-21-23/h1-2,4-5,7-10,12H,3,6,11,13H2. The number of aromatic nitrogens is 2. The summed E-state index contributed by atoms with van der Waals surface area (Å²) in [5, 5.41) is 5.24. The summed E-state index contributed by atoms with van der Waals surface area (Å²) < 4.78 is 6.37. The summed E-state index contributed by atoms with van der Waals surface area (Å²) in [6.45, 7) is 0.421. The van der Waals surface area contributed by atoms with Gasteiger partial charge in [-0.2, -0.15) is 5.10 Å². The SMILES string of the molecule is O=C(Cn1ncc2ccccc2c1=O)Oc1ccc(N2CCCC2=O)cc1. The second kappa shape index (κ2) is 7.03. The molecule has 136 valence electrons. The van der Waals surface area contributed by atoms with Crippen molar-refractivity contribution in [2.24, 2.45) is 0 Å². The van der Waals surface area contributed by atoms with E-state index in [1.807, 2.05) is 6.07 Å². The van der Waals surface area contributed by atoms with Gasteiger partial charge in [0.25, 0.3) is 5.56 Å². The van der Waals surface area contributed by atoms with Gasteiger partial charge in [-0.05, 0) is 36.8 Å². The fourth-order valence-corrected chi connectivity index (χ4v) is 3.14. The third-order valence-electron chi connectivity index (χ3n) is 4.49. The minimum atomic E-state index is -0.593. The van der Waals surface area contributed by atoms with E-state index in [1.165, 1.54) is 0 Å². The van der Waals surface area contributed by atoms with E-state index in [1.54, 1.807) is 53.6 Å². The molecule has 2 heterocycles. The third kappa shape index (κ3) is 3.44. The van der Waals surface area contributed by atoms with Gasteiger partial charge in [0.15, 0.2) is 0 Å². The summed E-state index contributed by atoms with van der Waals surface area (Å²) in [5.41, 5.74) is 0.442. The number of carbonyl (C=O) groups is 2. The highest BCUT2D eigenvalue weighted by Gasteiger charge is 2.21. The molecule has 7 heteroatoms. The third-order valence-corrected chi connectivity index (χ3v) is 4.49. The Morgan fingerprint density at radius 1 is 1.07 bits per heavy atom. The molecule has 1 fully saturated rings. The van der Waals surface area contributed by atoms with Crippen LogP contribution in [0, 0.1) is 0 Å². The normalized spacial score (nSPS) is 13.9. The molecular formula is C20H17N3O4. The van der Waals surface area contributed by atoms with Gasteiger partial charge >= 0.3 is 5.97 Å². The highest BCUT2D eigenvalue weighted by molar-refractivity contribution is 5.95. The van der Waals surface area contributed by atoms with E-state index in [0.29, 0.717) is 24.1 Å². The molecule has 1 amide bonds.